The molecule has 10 heteroatoms. The number of anilines is 1. The van der Waals surface area contributed by atoms with Gasteiger partial charge in [0.25, 0.3) is 5.69 Å². The van der Waals surface area contributed by atoms with Crippen molar-refractivity contribution in [2.75, 3.05) is 37.7 Å². The van der Waals surface area contributed by atoms with Gasteiger partial charge in [0, 0.05) is 37.5 Å². The van der Waals surface area contributed by atoms with Gasteiger partial charge in [-0.25, -0.2) is 13.1 Å². The van der Waals surface area contributed by atoms with Crippen LogP contribution in [-0.2, 0) is 14.8 Å². The maximum atomic E-state index is 12.3. The fraction of sp³-hybridized carbons (Fsp3) is 0.333. The summed E-state index contributed by atoms with van der Waals surface area (Å²) in [5.41, 5.74) is 1.41. The Morgan fingerprint density at radius 1 is 1.11 bits per heavy atom. The van der Waals surface area contributed by atoms with E-state index < -0.39 is 21.1 Å². The lowest BCUT2D eigenvalue weighted by Gasteiger charge is -2.29. The largest absolute Gasteiger partial charge is 0.387 e. The molecule has 0 saturated carbocycles. The minimum Gasteiger partial charge on any atom is -0.387 e. The molecule has 28 heavy (non-hydrogen) atoms. The van der Waals surface area contributed by atoms with Crippen LogP contribution in [0.1, 0.15) is 11.7 Å². The number of hydrogen-bond acceptors (Lipinski definition) is 7. The number of nitro groups is 1. The molecule has 9 nitrogen and oxygen atoms in total. The van der Waals surface area contributed by atoms with Crippen LogP contribution in [-0.4, -0.2) is 51.3 Å². The average molecular weight is 407 g/mol. The smallest absolute Gasteiger partial charge is 0.269 e. The van der Waals surface area contributed by atoms with Gasteiger partial charge < -0.3 is 14.7 Å². The summed E-state index contributed by atoms with van der Waals surface area (Å²) < 4.78 is 32.2. The highest BCUT2D eigenvalue weighted by Crippen LogP contribution is 2.21. The first-order chi connectivity index (χ1) is 13.4. The molecule has 0 radical (unpaired) electrons. The van der Waals surface area contributed by atoms with E-state index in [0.29, 0.717) is 18.8 Å². The van der Waals surface area contributed by atoms with Gasteiger partial charge >= 0.3 is 0 Å². The van der Waals surface area contributed by atoms with Gasteiger partial charge in [0.15, 0.2) is 0 Å². The SMILES string of the molecule is O=[N+]([O-])c1ccc(S(=O)(=O)NCC(O)c2ccc(N3CCOCC3)cc2)cc1. The van der Waals surface area contributed by atoms with Gasteiger partial charge in [-0.05, 0) is 29.8 Å². The lowest BCUT2D eigenvalue weighted by molar-refractivity contribution is -0.384. The van der Waals surface area contributed by atoms with Crippen molar-refractivity contribution in [1.82, 2.24) is 4.72 Å². The predicted octanol–water partition coefficient (Wildman–Crippen LogP) is 1.44. The zero-order valence-electron chi connectivity index (χ0n) is 15.0. The average Bonchev–Trinajstić information content (AvgIpc) is 2.73. The molecule has 1 heterocycles. The lowest BCUT2D eigenvalue weighted by Crippen LogP contribution is -2.36. The lowest BCUT2D eigenvalue weighted by atomic mass is 10.1. The highest BCUT2D eigenvalue weighted by molar-refractivity contribution is 7.89. The Labute approximate surface area is 162 Å². The summed E-state index contributed by atoms with van der Waals surface area (Å²) in [6.07, 6.45) is -1.02. The Bertz CT molecular complexity index is 909. The van der Waals surface area contributed by atoms with Crippen LogP contribution in [0, 0.1) is 10.1 Å². The third kappa shape index (κ3) is 4.84. The van der Waals surface area contributed by atoms with Crippen LogP contribution in [0.4, 0.5) is 11.4 Å². The summed E-state index contributed by atoms with van der Waals surface area (Å²) in [4.78, 5) is 12.1. The molecule has 0 spiro atoms. The molecule has 2 aromatic carbocycles. The second kappa shape index (κ2) is 8.65. The van der Waals surface area contributed by atoms with Crippen molar-refractivity contribution < 1.29 is 23.2 Å². The van der Waals surface area contributed by atoms with Gasteiger partial charge in [-0.3, -0.25) is 10.1 Å². The Morgan fingerprint density at radius 2 is 1.71 bits per heavy atom. The van der Waals surface area contributed by atoms with Gasteiger partial charge in [0.2, 0.25) is 10.0 Å². The van der Waals surface area contributed by atoms with Crippen molar-refractivity contribution in [2.45, 2.75) is 11.0 Å². The topological polar surface area (TPSA) is 122 Å². The van der Waals surface area contributed by atoms with Crippen LogP contribution in [0.3, 0.4) is 0 Å². The van der Waals surface area contributed by atoms with Crippen LogP contribution in [0.15, 0.2) is 53.4 Å². The number of ether oxygens (including phenoxy) is 1. The summed E-state index contributed by atoms with van der Waals surface area (Å²) in [7, 11) is -3.89. The van der Waals surface area contributed by atoms with Crippen molar-refractivity contribution >= 4 is 21.4 Å². The molecule has 0 aromatic heterocycles. The van der Waals surface area contributed by atoms with E-state index in [-0.39, 0.29) is 17.1 Å². The number of nitro benzene ring substituents is 1. The molecule has 0 aliphatic carbocycles. The number of non-ortho nitro benzene ring substituents is 1. The molecule has 1 fully saturated rings. The number of nitrogens with zero attached hydrogens (tertiary/aromatic N) is 2. The van der Waals surface area contributed by atoms with Crippen LogP contribution >= 0.6 is 0 Å². The number of hydrogen-bond donors (Lipinski definition) is 2. The quantitative estimate of drug-likeness (QED) is 0.526. The van der Waals surface area contributed by atoms with Crippen LogP contribution < -0.4 is 9.62 Å². The maximum Gasteiger partial charge on any atom is 0.269 e. The number of sulfonamides is 1. The Morgan fingerprint density at radius 3 is 2.29 bits per heavy atom. The minimum atomic E-state index is -3.89. The molecule has 1 unspecified atom stereocenters. The molecule has 3 rings (SSSR count). The normalized spacial score (nSPS) is 16.0. The highest BCUT2D eigenvalue weighted by Gasteiger charge is 2.18. The second-order valence-corrected chi connectivity index (χ2v) is 8.08. The standard InChI is InChI=1S/C18H21N3O6S/c22-18(14-1-3-15(4-2-14)20-9-11-27-12-10-20)13-19-28(25,26)17-7-5-16(6-8-17)21(23)24/h1-8,18-19,22H,9-13H2. The number of morpholine rings is 1. The summed E-state index contributed by atoms with van der Waals surface area (Å²) in [6, 6.07) is 11.8. The summed E-state index contributed by atoms with van der Waals surface area (Å²) >= 11 is 0. The van der Waals surface area contributed by atoms with Crippen molar-refractivity contribution in [2.24, 2.45) is 0 Å². The second-order valence-electron chi connectivity index (χ2n) is 6.31. The van der Waals surface area contributed by atoms with Crippen LogP contribution in [0.5, 0.6) is 0 Å². The summed E-state index contributed by atoms with van der Waals surface area (Å²) in [6.45, 7) is 2.74. The van der Waals surface area contributed by atoms with Crippen LogP contribution in [0.25, 0.3) is 0 Å². The van der Waals surface area contributed by atoms with Gasteiger partial charge in [-0.2, -0.15) is 0 Å². The number of aliphatic hydroxyl groups is 1. The maximum absolute atomic E-state index is 12.3. The van der Waals surface area contributed by atoms with E-state index in [1.807, 2.05) is 12.1 Å². The zero-order chi connectivity index (χ0) is 20.1. The molecule has 150 valence electrons. The van der Waals surface area contributed by atoms with Crippen molar-refractivity contribution in [1.29, 1.82) is 0 Å². The zero-order valence-corrected chi connectivity index (χ0v) is 15.8. The predicted molar refractivity (Wildman–Crippen MR) is 103 cm³/mol. The highest BCUT2D eigenvalue weighted by atomic mass is 32.2. The summed E-state index contributed by atoms with van der Waals surface area (Å²) in [5.74, 6) is 0. The van der Waals surface area contributed by atoms with Crippen molar-refractivity contribution in [3.05, 3.63) is 64.2 Å². The Balaban J connectivity index is 1.60. The number of rotatable bonds is 7. The van der Waals surface area contributed by atoms with E-state index in [4.69, 9.17) is 4.74 Å². The van der Waals surface area contributed by atoms with E-state index in [0.717, 1.165) is 43.0 Å². The van der Waals surface area contributed by atoms with Crippen LogP contribution in [0.2, 0.25) is 0 Å². The Kier molecular flexibility index (Phi) is 6.25. The van der Waals surface area contributed by atoms with Crippen molar-refractivity contribution in [3.63, 3.8) is 0 Å². The summed E-state index contributed by atoms with van der Waals surface area (Å²) in [5, 5.41) is 21.0. The number of benzene rings is 2. The third-order valence-corrected chi connectivity index (χ3v) is 5.92. The van der Waals surface area contributed by atoms with Gasteiger partial charge in [0.05, 0.1) is 29.1 Å². The minimum absolute atomic E-state index is 0.104. The molecule has 2 aromatic rings. The van der Waals surface area contributed by atoms with E-state index in [1.54, 1.807) is 12.1 Å². The Hall–Kier alpha value is -2.53. The monoisotopic (exact) mass is 407 g/mol. The van der Waals surface area contributed by atoms with E-state index in [1.165, 1.54) is 0 Å². The number of nitrogens with one attached hydrogen (secondary N) is 1. The first kappa shape index (κ1) is 20.2. The van der Waals surface area contributed by atoms with Gasteiger partial charge in [0.1, 0.15) is 0 Å². The van der Waals surface area contributed by atoms with Gasteiger partial charge in [-0.15, -0.1) is 0 Å². The van der Waals surface area contributed by atoms with Crippen molar-refractivity contribution in [3.8, 4) is 0 Å². The first-order valence-corrected chi connectivity index (χ1v) is 10.2. The first-order valence-electron chi connectivity index (χ1n) is 8.72. The van der Waals surface area contributed by atoms with Gasteiger partial charge in [-0.1, -0.05) is 12.1 Å². The molecule has 1 saturated heterocycles. The molecular formula is C18H21N3O6S. The fourth-order valence-corrected chi connectivity index (χ4v) is 3.90. The van der Waals surface area contributed by atoms with E-state index in [9.17, 15) is 23.6 Å². The molecule has 0 amide bonds. The molecular weight excluding hydrogens is 386 g/mol. The molecule has 0 bridgehead atoms. The molecule has 1 aliphatic rings. The van der Waals surface area contributed by atoms with E-state index >= 15 is 0 Å². The van der Waals surface area contributed by atoms with E-state index in [2.05, 4.69) is 9.62 Å². The molecule has 1 atom stereocenters. The molecule has 1 aliphatic heterocycles. The molecule has 2 N–H and O–H groups in total. The number of aliphatic hydroxyl groups excluding tert-OH is 1. The fourth-order valence-electron chi connectivity index (χ4n) is 2.87. The third-order valence-electron chi connectivity index (χ3n) is 4.48.